The molecule has 0 aromatic heterocycles. The van der Waals surface area contributed by atoms with E-state index in [1.165, 1.54) is 0 Å². The predicted octanol–water partition coefficient (Wildman–Crippen LogP) is -0.792. The second kappa shape index (κ2) is 7.22. The van der Waals surface area contributed by atoms with Gasteiger partial charge in [0.2, 0.25) is 5.91 Å². The lowest BCUT2D eigenvalue weighted by molar-refractivity contribution is -0.137. The molecule has 4 unspecified atom stereocenters. The molecule has 0 bridgehead atoms. The first-order valence-electron chi connectivity index (χ1n) is 5.68. The van der Waals surface area contributed by atoms with Gasteiger partial charge >= 0.3 is 5.97 Å². The molecule has 1 aliphatic carbocycles. The van der Waals surface area contributed by atoms with Gasteiger partial charge in [0.15, 0.2) is 0 Å². The van der Waals surface area contributed by atoms with E-state index < -0.39 is 24.0 Å². The molecule has 104 valence electrons. The Kier molecular flexibility index (Phi) is 6.27. The number of nitrogens with two attached hydrogens (primary N) is 3. The van der Waals surface area contributed by atoms with Crippen LogP contribution in [0.1, 0.15) is 12.8 Å². The Bertz CT molecular complexity index is 287. The van der Waals surface area contributed by atoms with Crippen molar-refractivity contribution in [1.29, 1.82) is 0 Å². The number of amides is 1. The average molecular weight is 293 g/mol. The monoisotopic (exact) mass is 293 g/mol. The lowest BCUT2D eigenvalue weighted by atomic mass is 9.99. The van der Waals surface area contributed by atoms with Gasteiger partial charge < -0.3 is 22.3 Å². The molecule has 0 heterocycles. The Balaban J connectivity index is 2.21. The second-order valence-corrected chi connectivity index (χ2v) is 6.82. The summed E-state index contributed by atoms with van der Waals surface area (Å²) < 4.78 is 0. The Hall–Kier alpha value is -0.440. The normalized spacial score (nSPS) is 26.1. The maximum Gasteiger partial charge on any atom is 0.321 e. The van der Waals surface area contributed by atoms with Crippen LogP contribution in [0, 0.1) is 0 Å². The Morgan fingerprint density at radius 2 is 1.56 bits per heavy atom. The van der Waals surface area contributed by atoms with Crippen LogP contribution in [-0.4, -0.2) is 51.1 Å². The lowest BCUT2D eigenvalue weighted by Crippen LogP contribution is -2.41. The first-order valence-corrected chi connectivity index (χ1v) is 7.78. The topological polar surface area (TPSA) is 132 Å². The molecule has 1 fully saturated rings. The number of carboxylic acids is 1. The van der Waals surface area contributed by atoms with Crippen LogP contribution >= 0.6 is 23.5 Å². The number of carbonyl (C=O) groups excluding carboxylic acids is 1. The number of rotatable bonds is 8. The zero-order valence-corrected chi connectivity index (χ0v) is 11.6. The quantitative estimate of drug-likeness (QED) is 0.461. The molecule has 0 aromatic rings. The van der Waals surface area contributed by atoms with E-state index in [9.17, 15) is 9.59 Å². The maximum absolute atomic E-state index is 10.8. The molecule has 1 aliphatic rings. The van der Waals surface area contributed by atoms with E-state index in [0.717, 1.165) is 12.8 Å². The van der Waals surface area contributed by atoms with Crippen LogP contribution in [0.3, 0.4) is 0 Å². The number of aliphatic carboxylic acids is 1. The Labute approximate surface area is 114 Å². The van der Waals surface area contributed by atoms with E-state index in [1.807, 2.05) is 0 Å². The highest BCUT2D eigenvalue weighted by molar-refractivity contribution is 8.04. The minimum atomic E-state index is -0.971. The molecule has 18 heavy (non-hydrogen) atoms. The van der Waals surface area contributed by atoms with Gasteiger partial charge in [-0.3, -0.25) is 9.59 Å². The summed E-state index contributed by atoms with van der Waals surface area (Å²) in [5, 5.41) is 9.50. The van der Waals surface area contributed by atoms with Crippen molar-refractivity contribution in [3.05, 3.63) is 0 Å². The van der Waals surface area contributed by atoms with Gasteiger partial charge in [0, 0.05) is 22.0 Å². The number of thioether (sulfide) groups is 2. The average Bonchev–Trinajstić information content (AvgIpc) is 2.27. The molecular formula is C10H19N3O3S2. The van der Waals surface area contributed by atoms with Crippen molar-refractivity contribution in [3.8, 4) is 0 Å². The summed E-state index contributed by atoms with van der Waals surface area (Å²) in [6.45, 7) is 0. The molecule has 1 amide bonds. The van der Waals surface area contributed by atoms with Gasteiger partial charge in [-0.25, -0.2) is 0 Å². The smallest absolute Gasteiger partial charge is 0.321 e. The highest BCUT2D eigenvalue weighted by Gasteiger charge is 2.33. The van der Waals surface area contributed by atoms with Gasteiger partial charge in [-0.15, -0.1) is 0 Å². The first kappa shape index (κ1) is 15.6. The summed E-state index contributed by atoms with van der Waals surface area (Å²) in [6, 6.07) is -1.42. The molecule has 1 saturated carbocycles. The van der Waals surface area contributed by atoms with E-state index in [2.05, 4.69) is 0 Å². The van der Waals surface area contributed by atoms with Crippen molar-refractivity contribution in [2.45, 2.75) is 35.4 Å². The minimum Gasteiger partial charge on any atom is -0.480 e. The number of carboxylic acid groups (broad SMARTS) is 1. The summed E-state index contributed by atoms with van der Waals surface area (Å²) >= 11 is 3.22. The fraction of sp³-hybridized carbons (Fsp3) is 0.800. The molecular weight excluding hydrogens is 274 g/mol. The third-order valence-corrected chi connectivity index (χ3v) is 6.07. The largest absolute Gasteiger partial charge is 0.480 e. The third kappa shape index (κ3) is 4.68. The van der Waals surface area contributed by atoms with E-state index in [4.69, 9.17) is 22.3 Å². The van der Waals surface area contributed by atoms with Crippen LogP contribution < -0.4 is 17.2 Å². The van der Waals surface area contributed by atoms with Crippen LogP contribution in [0.2, 0.25) is 0 Å². The molecule has 0 aromatic carbocycles. The van der Waals surface area contributed by atoms with Gasteiger partial charge in [0.25, 0.3) is 0 Å². The Morgan fingerprint density at radius 3 is 1.89 bits per heavy atom. The minimum absolute atomic E-state index is 0.403. The van der Waals surface area contributed by atoms with E-state index in [-0.39, 0.29) is 0 Å². The van der Waals surface area contributed by atoms with Gasteiger partial charge in [-0.05, 0) is 12.8 Å². The molecule has 0 spiro atoms. The van der Waals surface area contributed by atoms with Crippen LogP contribution in [0.5, 0.6) is 0 Å². The van der Waals surface area contributed by atoms with Crippen LogP contribution in [0.15, 0.2) is 0 Å². The maximum atomic E-state index is 10.8. The van der Waals surface area contributed by atoms with E-state index in [0.29, 0.717) is 22.0 Å². The molecule has 4 atom stereocenters. The summed E-state index contributed by atoms with van der Waals surface area (Å²) in [7, 11) is 0. The zero-order chi connectivity index (χ0) is 13.7. The SMILES string of the molecule is NC(=O)C(N)CSC1CCC1SCC(N)C(=O)O. The number of hydrogen-bond donors (Lipinski definition) is 4. The summed E-state index contributed by atoms with van der Waals surface area (Å²) in [5.74, 6) is -0.526. The van der Waals surface area contributed by atoms with Gasteiger partial charge in [0.05, 0.1) is 6.04 Å². The third-order valence-electron chi connectivity index (χ3n) is 2.81. The van der Waals surface area contributed by atoms with Crippen molar-refractivity contribution < 1.29 is 14.7 Å². The van der Waals surface area contributed by atoms with E-state index >= 15 is 0 Å². The summed E-state index contributed by atoms with van der Waals surface area (Å²) in [4.78, 5) is 21.4. The number of carbonyl (C=O) groups is 2. The predicted molar refractivity (Wildman–Crippen MR) is 74.5 cm³/mol. The van der Waals surface area contributed by atoms with Crippen molar-refractivity contribution in [3.63, 3.8) is 0 Å². The second-order valence-electron chi connectivity index (χ2n) is 4.27. The van der Waals surface area contributed by atoms with Crippen molar-refractivity contribution in [1.82, 2.24) is 0 Å². The van der Waals surface area contributed by atoms with Crippen molar-refractivity contribution >= 4 is 35.4 Å². The summed E-state index contributed by atoms with van der Waals surface area (Å²) in [5.41, 5.74) is 16.1. The van der Waals surface area contributed by atoms with Crippen LogP contribution in [0.4, 0.5) is 0 Å². The standard InChI is InChI=1S/C10H19N3O3S2/c11-5(9(13)14)3-17-7-1-2-8(7)18-4-6(12)10(15)16/h5-8H,1-4,11-12H2,(H2,13,14)(H,15,16). The fourth-order valence-electron chi connectivity index (χ4n) is 1.43. The molecule has 7 N–H and O–H groups in total. The molecule has 0 aliphatic heterocycles. The molecule has 6 nitrogen and oxygen atoms in total. The molecule has 1 rings (SSSR count). The Morgan fingerprint density at radius 1 is 1.11 bits per heavy atom. The zero-order valence-electron chi connectivity index (χ0n) is 9.95. The highest BCUT2D eigenvalue weighted by Crippen LogP contribution is 2.40. The number of primary amides is 1. The van der Waals surface area contributed by atoms with Crippen molar-refractivity contribution in [2.24, 2.45) is 17.2 Å². The van der Waals surface area contributed by atoms with Gasteiger partial charge in [-0.1, -0.05) is 0 Å². The van der Waals surface area contributed by atoms with E-state index in [1.54, 1.807) is 23.5 Å². The summed E-state index contributed by atoms with van der Waals surface area (Å²) in [6.07, 6.45) is 2.12. The van der Waals surface area contributed by atoms with Gasteiger partial charge in [0.1, 0.15) is 6.04 Å². The van der Waals surface area contributed by atoms with Crippen LogP contribution in [-0.2, 0) is 9.59 Å². The first-order chi connectivity index (χ1) is 8.41. The molecule has 8 heteroatoms. The fourth-order valence-corrected chi connectivity index (χ4v) is 4.42. The van der Waals surface area contributed by atoms with Crippen LogP contribution in [0.25, 0.3) is 0 Å². The highest BCUT2D eigenvalue weighted by atomic mass is 32.2. The van der Waals surface area contributed by atoms with Crippen molar-refractivity contribution in [2.75, 3.05) is 11.5 Å². The molecule has 0 radical (unpaired) electrons. The van der Waals surface area contributed by atoms with Gasteiger partial charge in [-0.2, -0.15) is 23.5 Å². The molecule has 0 saturated heterocycles. The number of hydrogen-bond acceptors (Lipinski definition) is 6. The lowest BCUT2D eigenvalue weighted by Gasteiger charge is -2.36.